The molecule has 0 aliphatic carbocycles. The molecule has 15 heavy (non-hydrogen) atoms. The van der Waals surface area contributed by atoms with E-state index in [0.717, 1.165) is 0 Å². The maximum atomic E-state index is 11.5. The van der Waals surface area contributed by atoms with E-state index < -0.39 is 36.8 Å². The Morgan fingerprint density at radius 3 is 2.40 bits per heavy atom. The number of nitrogens with one attached hydrogen (secondary N) is 1. The zero-order chi connectivity index (χ0) is 11.5. The third-order valence-electron chi connectivity index (χ3n) is 1.98. The third-order valence-corrected chi connectivity index (χ3v) is 4.88. The van der Waals surface area contributed by atoms with E-state index in [4.69, 9.17) is 4.55 Å². The molecule has 0 aromatic rings. The predicted octanol–water partition coefficient (Wildman–Crippen LogP) is -2.18. The Balaban J connectivity index is 2.58. The van der Waals surface area contributed by atoms with Gasteiger partial charge < -0.3 is 5.32 Å². The van der Waals surface area contributed by atoms with E-state index in [-0.39, 0.29) is 6.54 Å². The molecule has 1 heterocycles. The van der Waals surface area contributed by atoms with Crippen LogP contribution in [0, 0.1) is 0 Å². The normalized spacial score (nSPS) is 23.9. The number of hydrogen-bond acceptors (Lipinski definition) is 5. The molecular formula is C6H13N2O5S2. The molecule has 1 saturated heterocycles. The van der Waals surface area contributed by atoms with Crippen LogP contribution in [0.25, 0.3) is 0 Å². The summed E-state index contributed by atoms with van der Waals surface area (Å²) in [5.74, 6) is -1.37. The maximum Gasteiger partial charge on any atom is 0.265 e. The van der Waals surface area contributed by atoms with Crippen molar-refractivity contribution in [2.45, 2.75) is 5.37 Å². The minimum absolute atomic E-state index is 0.202. The number of nitrogens with zero attached hydrogens (tertiary/aromatic N) is 1. The molecule has 0 spiro atoms. The fourth-order valence-corrected chi connectivity index (χ4v) is 3.92. The first-order valence-corrected chi connectivity index (χ1v) is 7.68. The van der Waals surface area contributed by atoms with Crippen molar-refractivity contribution in [1.82, 2.24) is 10.6 Å². The van der Waals surface area contributed by atoms with Gasteiger partial charge in [0.25, 0.3) is 10.1 Å². The van der Waals surface area contributed by atoms with Crippen molar-refractivity contribution >= 4 is 20.0 Å². The van der Waals surface area contributed by atoms with E-state index in [1.807, 2.05) is 0 Å². The van der Waals surface area contributed by atoms with Crippen LogP contribution >= 0.6 is 0 Å². The molecule has 1 aliphatic heterocycles. The first-order valence-electron chi connectivity index (χ1n) is 4.35. The van der Waals surface area contributed by atoms with Crippen molar-refractivity contribution in [2.24, 2.45) is 0 Å². The monoisotopic (exact) mass is 257 g/mol. The topological polar surface area (TPSA) is 115 Å². The molecule has 0 bridgehead atoms. The van der Waals surface area contributed by atoms with Crippen LogP contribution in [0.1, 0.15) is 0 Å². The lowest BCUT2D eigenvalue weighted by atomic mass is 10.4. The lowest BCUT2D eigenvalue weighted by molar-refractivity contribution is 0.465. The zero-order valence-corrected chi connectivity index (χ0v) is 9.59. The summed E-state index contributed by atoms with van der Waals surface area (Å²) in [4.78, 5) is 0. The van der Waals surface area contributed by atoms with Crippen molar-refractivity contribution in [2.75, 3.05) is 31.1 Å². The van der Waals surface area contributed by atoms with E-state index in [0.29, 0.717) is 13.1 Å². The van der Waals surface area contributed by atoms with Crippen molar-refractivity contribution in [1.29, 1.82) is 0 Å². The van der Waals surface area contributed by atoms with Gasteiger partial charge in [0.2, 0.25) is 0 Å². The van der Waals surface area contributed by atoms with Gasteiger partial charge in [-0.2, -0.15) is 8.42 Å². The van der Waals surface area contributed by atoms with Crippen molar-refractivity contribution < 1.29 is 21.4 Å². The van der Waals surface area contributed by atoms with Gasteiger partial charge in [0.1, 0.15) is 5.37 Å². The summed E-state index contributed by atoms with van der Waals surface area (Å²) in [6.45, 7) is 1.23. The van der Waals surface area contributed by atoms with Crippen LogP contribution in [0.15, 0.2) is 0 Å². The largest absolute Gasteiger partial charge is 0.313 e. The lowest BCUT2D eigenvalue weighted by Crippen LogP contribution is -2.49. The van der Waals surface area contributed by atoms with Crippen LogP contribution in [0.4, 0.5) is 0 Å². The smallest absolute Gasteiger partial charge is 0.265 e. The molecule has 89 valence electrons. The molecule has 0 amide bonds. The predicted molar refractivity (Wildman–Crippen MR) is 53.9 cm³/mol. The minimum Gasteiger partial charge on any atom is -0.313 e. The van der Waals surface area contributed by atoms with E-state index >= 15 is 0 Å². The first-order chi connectivity index (χ1) is 6.81. The molecule has 0 aromatic heterocycles. The van der Waals surface area contributed by atoms with Gasteiger partial charge in [0, 0.05) is 19.6 Å². The van der Waals surface area contributed by atoms with Gasteiger partial charge >= 0.3 is 0 Å². The number of piperazine rings is 1. The summed E-state index contributed by atoms with van der Waals surface area (Å²) in [5.41, 5.74) is 0. The molecule has 0 saturated carbocycles. The molecular weight excluding hydrogens is 244 g/mol. The first kappa shape index (κ1) is 12.8. The quantitative estimate of drug-likeness (QED) is 0.553. The summed E-state index contributed by atoms with van der Waals surface area (Å²) in [6.07, 6.45) is 0. The summed E-state index contributed by atoms with van der Waals surface area (Å²) in [6, 6.07) is 0. The summed E-state index contributed by atoms with van der Waals surface area (Å²) in [5, 5.41) is 5.83. The molecule has 1 rings (SSSR count). The molecule has 1 radical (unpaired) electrons. The standard InChI is InChI=1S/C6H13N2O5S2/c9-14(10,3-4-15(11,12)13)6-5-7-1-2-8-6/h6-7H,1-5H2,(H,11,12,13). The second kappa shape index (κ2) is 4.74. The Labute approximate surface area is 88.9 Å². The van der Waals surface area contributed by atoms with Gasteiger partial charge in [-0.05, 0) is 0 Å². The Morgan fingerprint density at radius 2 is 1.93 bits per heavy atom. The van der Waals surface area contributed by atoms with Crippen LogP contribution < -0.4 is 10.6 Å². The molecule has 1 atom stereocenters. The second-order valence-corrected chi connectivity index (χ2v) is 7.07. The number of rotatable bonds is 4. The second-order valence-electron chi connectivity index (χ2n) is 3.22. The highest BCUT2D eigenvalue weighted by Crippen LogP contribution is 2.03. The maximum absolute atomic E-state index is 11.5. The van der Waals surface area contributed by atoms with Crippen molar-refractivity contribution in [3.05, 3.63) is 0 Å². The summed E-state index contributed by atoms with van der Waals surface area (Å²) < 4.78 is 52.3. The minimum atomic E-state index is -4.24. The lowest BCUT2D eigenvalue weighted by Gasteiger charge is -2.22. The Kier molecular flexibility index (Phi) is 4.06. The fraction of sp³-hybridized carbons (Fsp3) is 1.00. The average molecular weight is 257 g/mol. The Bertz CT molecular complexity index is 395. The van der Waals surface area contributed by atoms with Gasteiger partial charge in [-0.15, -0.1) is 0 Å². The molecule has 2 N–H and O–H groups in total. The Hall–Kier alpha value is -0.220. The van der Waals surface area contributed by atoms with Crippen LogP contribution in [-0.4, -0.2) is 57.9 Å². The fourth-order valence-electron chi connectivity index (χ4n) is 1.18. The average Bonchev–Trinajstić information content (AvgIpc) is 2.16. The molecule has 1 fully saturated rings. The summed E-state index contributed by atoms with van der Waals surface area (Å²) in [7, 11) is -7.82. The van der Waals surface area contributed by atoms with Crippen LogP contribution in [0.5, 0.6) is 0 Å². The van der Waals surface area contributed by atoms with E-state index in [9.17, 15) is 16.8 Å². The van der Waals surface area contributed by atoms with Crippen LogP contribution in [-0.2, 0) is 20.0 Å². The van der Waals surface area contributed by atoms with Crippen molar-refractivity contribution in [3.63, 3.8) is 0 Å². The molecule has 0 aromatic carbocycles. The highest BCUT2D eigenvalue weighted by Gasteiger charge is 2.28. The SMILES string of the molecule is O=S(=O)(O)CCS(=O)(=O)C1CNCC[N]1. The molecule has 1 aliphatic rings. The van der Waals surface area contributed by atoms with Gasteiger partial charge in [-0.25, -0.2) is 13.7 Å². The van der Waals surface area contributed by atoms with Gasteiger partial charge in [0.15, 0.2) is 9.84 Å². The van der Waals surface area contributed by atoms with Crippen LogP contribution in [0.3, 0.4) is 0 Å². The summed E-state index contributed by atoms with van der Waals surface area (Å²) >= 11 is 0. The van der Waals surface area contributed by atoms with E-state index in [1.54, 1.807) is 0 Å². The molecule has 7 nitrogen and oxygen atoms in total. The number of sulfone groups is 1. The number of hydrogen-bond donors (Lipinski definition) is 2. The molecule has 1 unspecified atom stereocenters. The van der Waals surface area contributed by atoms with Crippen LogP contribution in [0.2, 0.25) is 0 Å². The third kappa shape index (κ3) is 4.43. The highest BCUT2D eigenvalue weighted by molar-refractivity contribution is 7.93. The molecule has 9 heteroatoms. The van der Waals surface area contributed by atoms with Gasteiger partial charge in [-0.1, -0.05) is 0 Å². The van der Waals surface area contributed by atoms with Crippen molar-refractivity contribution in [3.8, 4) is 0 Å². The highest BCUT2D eigenvalue weighted by atomic mass is 32.2. The van der Waals surface area contributed by atoms with E-state index in [2.05, 4.69) is 10.6 Å². The van der Waals surface area contributed by atoms with Gasteiger partial charge in [-0.3, -0.25) is 4.55 Å². The zero-order valence-electron chi connectivity index (χ0n) is 7.96. The Morgan fingerprint density at radius 1 is 1.27 bits per heavy atom. The van der Waals surface area contributed by atoms with E-state index in [1.165, 1.54) is 0 Å². The van der Waals surface area contributed by atoms with Gasteiger partial charge in [0.05, 0.1) is 11.5 Å².